The molecule has 1 N–H and O–H groups in total. The highest BCUT2D eigenvalue weighted by Gasteiger charge is 2.18. The average molecular weight is 456 g/mol. The van der Waals surface area contributed by atoms with Crippen LogP contribution in [0.1, 0.15) is 10.4 Å². The first-order valence-electron chi connectivity index (χ1n) is 7.06. The van der Waals surface area contributed by atoms with Crippen LogP contribution in [0, 0.1) is 3.57 Å². The Morgan fingerprint density at radius 3 is 2.12 bits per heavy atom. The molecule has 24 heavy (non-hydrogen) atoms. The third-order valence-electron chi connectivity index (χ3n) is 2.71. The molecule has 0 heterocycles. The van der Waals surface area contributed by atoms with E-state index in [9.17, 15) is 9.90 Å². The fourth-order valence-electron chi connectivity index (χ4n) is 1.58. The molecule has 0 aliphatic rings. The Morgan fingerprint density at radius 2 is 1.58 bits per heavy atom. The number of ether oxygens (including phenoxy) is 6. The molecule has 0 radical (unpaired) electrons. The van der Waals surface area contributed by atoms with Gasteiger partial charge in [-0.3, -0.25) is 0 Å². The van der Waals surface area contributed by atoms with Gasteiger partial charge in [0.25, 0.3) is 0 Å². The largest absolute Gasteiger partial charge is 0.478 e. The number of rotatable bonds is 13. The first kappa shape index (κ1) is 20.9. The molecule has 0 unspecified atom stereocenters. The highest BCUT2D eigenvalue weighted by atomic mass is 127. The van der Waals surface area contributed by atoms with Gasteiger partial charge in [0, 0.05) is 23.9 Å². The predicted octanol–water partition coefficient (Wildman–Crippen LogP) is 1.99. The maximum absolute atomic E-state index is 11.4. The van der Waals surface area contributed by atoms with Crippen LogP contribution in [0.25, 0.3) is 0 Å². The van der Waals surface area contributed by atoms with Gasteiger partial charge in [0.2, 0.25) is 0 Å². The number of carboxylic acid groups (broad SMARTS) is 1. The Bertz CT molecular complexity index is 508. The second-order valence-corrected chi connectivity index (χ2v) is 5.57. The molecule has 1 aromatic rings. The van der Waals surface area contributed by atoms with E-state index < -0.39 is 5.97 Å². The smallest absolute Gasteiger partial charge is 0.340 e. The summed E-state index contributed by atoms with van der Waals surface area (Å²) in [7, 11) is 3.14. The lowest BCUT2D eigenvalue weighted by atomic mass is 10.2. The Labute approximate surface area is 154 Å². The zero-order chi connectivity index (χ0) is 17.8. The van der Waals surface area contributed by atoms with Crippen LogP contribution in [-0.4, -0.2) is 65.3 Å². The number of halogens is 1. The van der Waals surface area contributed by atoms with Crippen molar-refractivity contribution in [1.82, 2.24) is 0 Å². The van der Waals surface area contributed by atoms with Gasteiger partial charge in [-0.1, -0.05) is 0 Å². The van der Waals surface area contributed by atoms with Crippen LogP contribution >= 0.6 is 22.6 Å². The first-order chi connectivity index (χ1) is 11.6. The molecule has 0 saturated heterocycles. The van der Waals surface area contributed by atoms with Crippen molar-refractivity contribution in [3.05, 3.63) is 21.3 Å². The van der Waals surface area contributed by atoms with Crippen molar-refractivity contribution in [3.63, 3.8) is 0 Å². The average Bonchev–Trinajstić information content (AvgIpc) is 2.53. The summed E-state index contributed by atoms with van der Waals surface area (Å²) in [6.07, 6.45) is 0. The molecule has 1 aromatic carbocycles. The van der Waals surface area contributed by atoms with E-state index in [-0.39, 0.29) is 24.9 Å². The van der Waals surface area contributed by atoms with Gasteiger partial charge in [-0.05, 0) is 28.7 Å². The molecule has 0 aliphatic carbocycles. The molecule has 0 aromatic heterocycles. The van der Waals surface area contributed by atoms with Crippen LogP contribution < -0.4 is 9.47 Å². The predicted molar refractivity (Wildman–Crippen MR) is 92.8 cm³/mol. The number of carbonyl (C=O) groups is 1. The van der Waals surface area contributed by atoms with Crippen LogP contribution in [0.3, 0.4) is 0 Å². The molecule has 0 fully saturated rings. The third kappa shape index (κ3) is 7.62. The third-order valence-corrected chi connectivity index (χ3v) is 3.56. The molecule has 9 heteroatoms. The normalized spacial score (nSPS) is 10.6. The van der Waals surface area contributed by atoms with Gasteiger partial charge < -0.3 is 33.5 Å². The molecule has 0 spiro atoms. The van der Waals surface area contributed by atoms with Crippen LogP contribution in [0.5, 0.6) is 11.5 Å². The zero-order valence-electron chi connectivity index (χ0n) is 13.6. The highest BCUT2D eigenvalue weighted by Crippen LogP contribution is 2.30. The van der Waals surface area contributed by atoms with Gasteiger partial charge in [-0.25, -0.2) is 4.79 Å². The van der Waals surface area contributed by atoms with Crippen molar-refractivity contribution in [2.24, 2.45) is 0 Å². The molecule has 0 amide bonds. The molecule has 136 valence electrons. The monoisotopic (exact) mass is 456 g/mol. The van der Waals surface area contributed by atoms with E-state index in [2.05, 4.69) is 0 Å². The summed E-state index contributed by atoms with van der Waals surface area (Å²) in [5, 5.41) is 9.33. The highest BCUT2D eigenvalue weighted by molar-refractivity contribution is 14.1. The fraction of sp³-hybridized carbons (Fsp3) is 0.533. The summed E-state index contributed by atoms with van der Waals surface area (Å²) >= 11 is 1.91. The Morgan fingerprint density at radius 1 is 1.00 bits per heavy atom. The van der Waals surface area contributed by atoms with Gasteiger partial charge >= 0.3 is 5.97 Å². The van der Waals surface area contributed by atoms with Crippen LogP contribution in [0.15, 0.2) is 12.1 Å². The lowest BCUT2D eigenvalue weighted by Crippen LogP contribution is -2.12. The minimum absolute atomic E-state index is 0.0234. The fourth-order valence-corrected chi connectivity index (χ4v) is 2.38. The Balaban J connectivity index is 2.68. The Hall–Kier alpha value is -1.14. The lowest BCUT2D eigenvalue weighted by molar-refractivity contribution is -0.0120. The van der Waals surface area contributed by atoms with Crippen molar-refractivity contribution >= 4 is 28.6 Å². The summed E-state index contributed by atoms with van der Waals surface area (Å²) in [6.45, 7) is 1.57. The summed E-state index contributed by atoms with van der Waals surface area (Å²) in [5.74, 6) is -0.485. The maximum atomic E-state index is 11.4. The van der Waals surface area contributed by atoms with E-state index in [4.69, 9.17) is 28.4 Å². The summed E-state index contributed by atoms with van der Waals surface area (Å²) in [4.78, 5) is 11.4. The van der Waals surface area contributed by atoms with Crippen molar-refractivity contribution in [2.75, 3.05) is 54.2 Å². The van der Waals surface area contributed by atoms with Crippen molar-refractivity contribution in [2.45, 2.75) is 0 Å². The molecule has 0 atom stereocenters. The second kappa shape index (κ2) is 12.3. The minimum Gasteiger partial charge on any atom is -0.478 e. The zero-order valence-corrected chi connectivity index (χ0v) is 15.7. The number of benzene rings is 1. The minimum atomic E-state index is -1.09. The van der Waals surface area contributed by atoms with E-state index in [0.29, 0.717) is 35.7 Å². The van der Waals surface area contributed by atoms with E-state index >= 15 is 0 Å². The second-order valence-electron chi connectivity index (χ2n) is 4.41. The maximum Gasteiger partial charge on any atom is 0.340 e. The molecule has 8 nitrogen and oxygen atoms in total. The van der Waals surface area contributed by atoms with Crippen LogP contribution in [-0.2, 0) is 18.9 Å². The summed E-state index contributed by atoms with van der Waals surface area (Å²) in [6, 6.07) is 3.09. The topological polar surface area (TPSA) is 92.7 Å². The van der Waals surface area contributed by atoms with E-state index in [1.54, 1.807) is 20.3 Å². The number of hydrogen-bond donors (Lipinski definition) is 1. The molecule has 0 aliphatic heterocycles. The number of aromatic carboxylic acids is 1. The van der Waals surface area contributed by atoms with Crippen molar-refractivity contribution in [3.8, 4) is 11.5 Å². The van der Waals surface area contributed by atoms with Crippen LogP contribution in [0.4, 0.5) is 0 Å². The Kier molecular flexibility index (Phi) is 10.7. The van der Waals surface area contributed by atoms with Crippen molar-refractivity contribution in [1.29, 1.82) is 0 Å². The van der Waals surface area contributed by atoms with Crippen molar-refractivity contribution < 1.29 is 38.3 Å². The van der Waals surface area contributed by atoms with Gasteiger partial charge in [0.05, 0.1) is 26.4 Å². The number of hydrogen-bond acceptors (Lipinski definition) is 7. The number of carboxylic acids is 1. The SMILES string of the molecule is COCCOCOc1cc(I)c(C(=O)O)c(OCOCCOC)c1. The van der Waals surface area contributed by atoms with Gasteiger partial charge in [0.15, 0.2) is 13.6 Å². The van der Waals surface area contributed by atoms with E-state index in [1.165, 1.54) is 6.07 Å². The molecule has 1 rings (SSSR count). The molecule has 0 bridgehead atoms. The lowest BCUT2D eigenvalue weighted by Gasteiger charge is -2.14. The summed E-state index contributed by atoms with van der Waals surface area (Å²) in [5.41, 5.74) is 0.0543. The van der Waals surface area contributed by atoms with E-state index in [1.807, 2.05) is 22.6 Å². The molecule has 0 saturated carbocycles. The van der Waals surface area contributed by atoms with Gasteiger partial charge in [0.1, 0.15) is 17.1 Å². The van der Waals surface area contributed by atoms with Crippen LogP contribution in [0.2, 0.25) is 0 Å². The first-order valence-corrected chi connectivity index (χ1v) is 8.13. The van der Waals surface area contributed by atoms with Gasteiger partial charge in [-0.2, -0.15) is 0 Å². The van der Waals surface area contributed by atoms with E-state index in [0.717, 1.165) is 0 Å². The quantitative estimate of drug-likeness (QED) is 0.274. The molecular formula is C15H21IO8. The number of methoxy groups -OCH3 is 2. The summed E-state index contributed by atoms with van der Waals surface area (Å²) < 4.78 is 31.4. The standard InChI is InChI=1S/C15H21IO8/c1-19-3-5-21-9-23-11-7-12(16)14(15(17)18)13(8-11)24-10-22-6-4-20-2/h7-8H,3-6,9-10H2,1-2H3,(H,17,18). The molecular weight excluding hydrogens is 435 g/mol. The van der Waals surface area contributed by atoms with Gasteiger partial charge in [-0.15, -0.1) is 0 Å².